The molecule has 4 heterocycles. The van der Waals surface area contributed by atoms with Gasteiger partial charge in [0, 0.05) is 63.4 Å². The van der Waals surface area contributed by atoms with Gasteiger partial charge in [0.2, 0.25) is 0 Å². The van der Waals surface area contributed by atoms with Crippen molar-refractivity contribution in [3.8, 4) is 10.6 Å². The Morgan fingerprint density at radius 3 is 2.00 bits per heavy atom. The number of rotatable bonds is 9. The number of aromatic nitrogens is 1. The predicted octanol–water partition coefficient (Wildman–Crippen LogP) is 13.0. The van der Waals surface area contributed by atoms with Crippen LogP contribution in [0.2, 0.25) is 0 Å². The molecule has 46 heavy (non-hydrogen) atoms. The van der Waals surface area contributed by atoms with Crippen molar-refractivity contribution < 1.29 is 30.0 Å². The Kier molecular flexibility index (Phi) is 12.7. The van der Waals surface area contributed by atoms with Crippen LogP contribution in [0.1, 0.15) is 104 Å². The van der Waals surface area contributed by atoms with E-state index in [0.717, 1.165) is 42.7 Å². The minimum Gasteiger partial charge on any atom is -0.512 e. The van der Waals surface area contributed by atoms with Crippen molar-refractivity contribution in [2.75, 3.05) is 0 Å². The van der Waals surface area contributed by atoms with Gasteiger partial charge in [-0.2, -0.15) is 11.6 Å². The average Bonchev–Trinajstić information content (AvgIpc) is 3.66. The van der Waals surface area contributed by atoms with Gasteiger partial charge >= 0.3 is 0 Å². The van der Waals surface area contributed by atoms with Crippen LogP contribution in [-0.4, -0.2) is 15.9 Å². The van der Waals surface area contributed by atoms with E-state index in [-0.39, 0.29) is 42.5 Å². The van der Waals surface area contributed by atoms with Crippen molar-refractivity contribution in [2.24, 2.45) is 16.2 Å². The van der Waals surface area contributed by atoms with Gasteiger partial charge in [-0.3, -0.25) is 4.79 Å². The molecule has 5 aromatic rings. The molecule has 0 spiro atoms. The SMILES string of the molecule is CCC(C)(CC)C(=O)/C=C(\O)C(C)(CC)CC.Cc1[c-]c(-c2nccc3c2sc2c4ccc(CC(C)(C)C)cc4sc32)sc1C.[Ir]. The van der Waals surface area contributed by atoms with Crippen LogP contribution in [0.3, 0.4) is 0 Å². The molecule has 0 aliphatic heterocycles. The van der Waals surface area contributed by atoms with Crippen LogP contribution in [0, 0.1) is 36.2 Å². The Hall–Kier alpha value is -1.89. The fourth-order valence-electron chi connectivity index (χ4n) is 5.42. The van der Waals surface area contributed by atoms with Crippen molar-refractivity contribution in [1.29, 1.82) is 0 Å². The summed E-state index contributed by atoms with van der Waals surface area (Å²) < 4.78 is 5.49. The molecule has 1 aromatic carbocycles. The van der Waals surface area contributed by atoms with E-state index < -0.39 is 0 Å². The minimum absolute atomic E-state index is 0. The first-order valence-corrected chi connectivity index (χ1v) is 18.7. The van der Waals surface area contributed by atoms with Gasteiger partial charge in [-0.25, -0.2) is 11.3 Å². The molecule has 0 aliphatic carbocycles. The number of aliphatic hydroxyl groups excluding tert-OH is 1. The number of allylic oxidation sites excluding steroid dienone is 2. The van der Waals surface area contributed by atoms with E-state index in [1.807, 2.05) is 70.4 Å². The van der Waals surface area contributed by atoms with E-state index in [1.165, 1.54) is 51.7 Å². The first-order valence-electron chi connectivity index (χ1n) is 16.3. The molecule has 0 atom stereocenters. The largest absolute Gasteiger partial charge is 0.512 e. The summed E-state index contributed by atoms with van der Waals surface area (Å²) in [4.78, 5) is 19.4. The van der Waals surface area contributed by atoms with Gasteiger partial charge in [0.05, 0.1) is 9.40 Å². The van der Waals surface area contributed by atoms with Gasteiger partial charge in [-0.1, -0.05) is 98.0 Å². The van der Waals surface area contributed by atoms with E-state index in [4.69, 9.17) is 4.98 Å². The number of pyridine rings is 1. The number of carbonyl (C=O) groups is 1. The second-order valence-corrected chi connectivity index (χ2v) is 17.4. The molecule has 0 amide bonds. The Morgan fingerprint density at radius 2 is 1.46 bits per heavy atom. The van der Waals surface area contributed by atoms with E-state index >= 15 is 0 Å². The van der Waals surface area contributed by atoms with Gasteiger partial charge in [0.25, 0.3) is 0 Å². The number of aliphatic hydroxyl groups is 1. The van der Waals surface area contributed by atoms with E-state index in [0.29, 0.717) is 5.41 Å². The molecule has 5 rings (SSSR count). The van der Waals surface area contributed by atoms with Crippen LogP contribution in [0.5, 0.6) is 0 Å². The smallest absolute Gasteiger partial charge is 0.164 e. The Balaban J connectivity index is 0.000000280. The number of hydrogen-bond donors (Lipinski definition) is 1. The van der Waals surface area contributed by atoms with Crippen LogP contribution in [-0.2, 0) is 31.3 Å². The second kappa shape index (κ2) is 15.1. The average molecular weight is 853 g/mol. The molecule has 4 aromatic heterocycles. The van der Waals surface area contributed by atoms with Crippen molar-refractivity contribution in [2.45, 2.75) is 108 Å². The Morgan fingerprint density at radius 1 is 0.848 bits per heavy atom. The molecule has 0 saturated heterocycles. The Bertz CT molecular complexity index is 1820. The van der Waals surface area contributed by atoms with Crippen LogP contribution in [0.15, 0.2) is 42.3 Å². The van der Waals surface area contributed by atoms with Crippen LogP contribution < -0.4 is 0 Å². The number of nitrogens with zero attached hydrogens (tertiary/aromatic N) is 1. The maximum absolute atomic E-state index is 12.2. The normalized spacial score (nSPS) is 12.8. The molecule has 0 aliphatic rings. The third kappa shape index (κ3) is 8.04. The minimum atomic E-state index is -0.337. The number of thiophene rings is 3. The summed E-state index contributed by atoms with van der Waals surface area (Å²) in [5, 5.41) is 12.8. The molecule has 1 radical (unpaired) electrons. The summed E-state index contributed by atoms with van der Waals surface area (Å²) in [6.45, 7) is 23.3. The summed E-state index contributed by atoms with van der Waals surface area (Å²) in [6.07, 6.45) is 7.82. The van der Waals surface area contributed by atoms with Crippen molar-refractivity contribution in [3.05, 3.63) is 64.4 Å². The number of fused-ring (bicyclic) bond motifs is 5. The topological polar surface area (TPSA) is 50.2 Å². The second-order valence-electron chi connectivity index (χ2n) is 14.1. The van der Waals surface area contributed by atoms with Crippen molar-refractivity contribution >= 4 is 69.4 Å². The van der Waals surface area contributed by atoms with E-state index in [2.05, 4.69) is 65.0 Å². The number of carbonyl (C=O) groups excluding carboxylic acids is 1. The quantitative estimate of drug-likeness (QED) is 0.0913. The van der Waals surface area contributed by atoms with Gasteiger partial charge < -0.3 is 10.1 Å². The third-order valence-corrected chi connectivity index (χ3v) is 13.4. The van der Waals surface area contributed by atoms with Crippen LogP contribution in [0.25, 0.3) is 40.1 Å². The fourth-order valence-corrected chi connectivity index (χ4v) is 9.25. The first-order chi connectivity index (χ1) is 21.1. The van der Waals surface area contributed by atoms with Gasteiger partial charge in [-0.15, -0.1) is 22.7 Å². The molecule has 0 unspecified atom stereocenters. The zero-order valence-electron chi connectivity index (χ0n) is 29.4. The molecule has 3 nitrogen and oxygen atoms in total. The maximum atomic E-state index is 12.2. The summed E-state index contributed by atoms with van der Waals surface area (Å²) in [5.74, 6) is 0.286. The van der Waals surface area contributed by atoms with E-state index in [9.17, 15) is 9.90 Å². The maximum Gasteiger partial charge on any atom is 0.164 e. The summed E-state index contributed by atoms with van der Waals surface area (Å²) in [6, 6.07) is 12.7. The zero-order chi connectivity index (χ0) is 33.3. The molecular weight excluding hydrogens is 803 g/mol. The third-order valence-electron chi connectivity index (χ3n) is 9.70. The number of benzene rings is 1. The van der Waals surface area contributed by atoms with Crippen LogP contribution in [0.4, 0.5) is 0 Å². The number of hydrogen-bond acceptors (Lipinski definition) is 6. The van der Waals surface area contributed by atoms with Crippen molar-refractivity contribution in [1.82, 2.24) is 4.98 Å². The predicted molar refractivity (Wildman–Crippen MR) is 200 cm³/mol. The molecular formula is C39H50IrNO2S3-. The number of ketones is 1. The van der Waals surface area contributed by atoms with E-state index in [1.54, 1.807) is 11.3 Å². The molecule has 251 valence electrons. The van der Waals surface area contributed by atoms with Gasteiger partial charge in [0.1, 0.15) is 5.76 Å². The Labute approximate surface area is 301 Å². The van der Waals surface area contributed by atoms with Gasteiger partial charge in [-0.05, 0) is 60.9 Å². The summed E-state index contributed by atoms with van der Waals surface area (Å²) in [7, 11) is 0. The molecule has 0 saturated carbocycles. The first kappa shape index (κ1) is 38.6. The molecule has 7 heteroatoms. The zero-order valence-corrected chi connectivity index (χ0v) is 34.2. The van der Waals surface area contributed by atoms with Gasteiger partial charge in [0.15, 0.2) is 5.78 Å². The summed E-state index contributed by atoms with van der Waals surface area (Å²) in [5.41, 5.74) is 3.45. The molecule has 1 N–H and O–H groups in total. The number of aryl methyl sites for hydroxylation is 2. The standard InChI is InChI=1S/C24H22NS3.C15H28O2.Ir/c1-13-10-19(26-14(13)2)20-21-17(8-9-25-20)23-22(28-21)16-7-6-15(11-18(16)27-23)12-24(3,4)5;1-7-14(5,8-2)12(16)11-13(17)15(6,9-3)10-4;/h6-9,11H,12H2,1-5H3;11,16H,7-10H2,1-6H3;/q-1;;/b;12-11-;. The fraction of sp³-hybridized carbons (Fsp3) is 0.487. The molecule has 0 fully saturated rings. The monoisotopic (exact) mass is 853 g/mol. The van der Waals surface area contributed by atoms with Crippen molar-refractivity contribution in [3.63, 3.8) is 0 Å². The van der Waals surface area contributed by atoms with Crippen LogP contribution >= 0.6 is 34.0 Å². The molecule has 0 bridgehead atoms. The summed E-state index contributed by atoms with van der Waals surface area (Å²) >= 11 is 5.61.